The third-order valence-electron chi connectivity index (χ3n) is 7.23. The molecular weight excluding hydrogens is 458 g/mol. The number of pyridine rings is 1. The smallest absolute Gasteiger partial charge is 0.328 e. The second kappa shape index (κ2) is 9.48. The van der Waals surface area contributed by atoms with E-state index in [1.807, 2.05) is 19.1 Å². The van der Waals surface area contributed by atoms with Crippen LogP contribution in [0.1, 0.15) is 72.3 Å². The van der Waals surface area contributed by atoms with Crippen LogP contribution in [0, 0.1) is 11.8 Å². The van der Waals surface area contributed by atoms with Crippen LogP contribution in [0.2, 0.25) is 0 Å². The van der Waals surface area contributed by atoms with Crippen molar-refractivity contribution in [1.29, 1.82) is 0 Å². The molecule has 1 aromatic carbocycles. The van der Waals surface area contributed by atoms with E-state index in [0.717, 1.165) is 61.2 Å². The highest BCUT2D eigenvalue weighted by molar-refractivity contribution is 6.10. The zero-order valence-electron chi connectivity index (χ0n) is 21.0. The van der Waals surface area contributed by atoms with Crippen LogP contribution < -0.4 is 14.4 Å². The van der Waals surface area contributed by atoms with Crippen LogP contribution in [0.25, 0.3) is 6.08 Å². The van der Waals surface area contributed by atoms with Crippen molar-refractivity contribution in [3.63, 3.8) is 0 Å². The number of allylic oxidation sites excluding steroid dienone is 1. The number of nitroso groups, excluding NO2 is 1. The standard InChI is InChI=1S/C28H31N3O5/c1-17-14-18-8-9-23(32)21-16-19-6-4-5-7-22(19)29-26(21)31-12-10-20(11-13-31)35-24(15-18)25(17)36-28(2,3)27(33)30-34/h8-9,14-16,20H,4-7,10-13H2,1-3H3/b9-8+. The Hall–Kier alpha value is -3.55. The molecule has 8 nitrogen and oxygen atoms in total. The van der Waals surface area contributed by atoms with Crippen molar-refractivity contribution in [3.8, 4) is 11.5 Å². The van der Waals surface area contributed by atoms with Gasteiger partial charge < -0.3 is 14.4 Å². The average Bonchev–Trinajstić information content (AvgIpc) is 2.89. The molecule has 0 spiro atoms. The number of hydrogen-bond donors (Lipinski definition) is 0. The number of aryl methyl sites for hydroxylation is 3. The first-order chi connectivity index (χ1) is 17.2. The highest BCUT2D eigenvalue weighted by Gasteiger charge is 2.34. The Labute approximate surface area is 210 Å². The number of aromatic nitrogens is 1. The molecule has 0 unspecified atom stereocenters. The Balaban J connectivity index is 1.57. The van der Waals surface area contributed by atoms with Gasteiger partial charge in [0.1, 0.15) is 11.9 Å². The highest BCUT2D eigenvalue weighted by atomic mass is 16.5. The second-order valence-corrected chi connectivity index (χ2v) is 10.3. The highest BCUT2D eigenvalue weighted by Crippen LogP contribution is 2.38. The Morgan fingerprint density at radius 3 is 2.64 bits per heavy atom. The van der Waals surface area contributed by atoms with Gasteiger partial charge in [0.2, 0.25) is 0 Å². The number of fused-ring (bicyclic) bond motifs is 4. The maximum absolute atomic E-state index is 13.4. The first-order valence-corrected chi connectivity index (χ1v) is 12.6. The first-order valence-electron chi connectivity index (χ1n) is 12.6. The van der Waals surface area contributed by atoms with Crippen molar-refractivity contribution in [3.05, 3.63) is 57.1 Å². The van der Waals surface area contributed by atoms with Crippen LogP contribution in [0.4, 0.5) is 5.82 Å². The molecule has 0 atom stereocenters. The van der Waals surface area contributed by atoms with Gasteiger partial charge in [0.25, 0.3) is 0 Å². The summed E-state index contributed by atoms with van der Waals surface area (Å²) < 4.78 is 12.4. The normalized spacial score (nSPS) is 18.6. The molecular formula is C28H31N3O5. The molecule has 4 heterocycles. The van der Waals surface area contributed by atoms with E-state index >= 15 is 0 Å². The van der Waals surface area contributed by atoms with Crippen molar-refractivity contribution in [2.75, 3.05) is 18.0 Å². The first kappa shape index (κ1) is 24.2. The fourth-order valence-corrected chi connectivity index (χ4v) is 5.16. The minimum Gasteiger partial charge on any atom is -0.486 e. The van der Waals surface area contributed by atoms with E-state index in [0.29, 0.717) is 30.2 Å². The largest absolute Gasteiger partial charge is 0.486 e. The molecule has 36 heavy (non-hydrogen) atoms. The average molecular weight is 490 g/mol. The third-order valence-corrected chi connectivity index (χ3v) is 7.23. The van der Waals surface area contributed by atoms with Gasteiger partial charge in [-0.05, 0) is 87.4 Å². The van der Waals surface area contributed by atoms with Crippen LogP contribution >= 0.6 is 0 Å². The van der Waals surface area contributed by atoms with Gasteiger partial charge in [-0.15, -0.1) is 4.91 Å². The predicted molar refractivity (Wildman–Crippen MR) is 137 cm³/mol. The SMILES string of the molecule is Cc1cc2cc(c1OC(C)(C)C(=O)N=O)OC1CCN(CC1)c1nc3c(cc1C(=O)/C=C/2)CCCC3. The number of benzene rings is 1. The Kier molecular flexibility index (Phi) is 6.36. The summed E-state index contributed by atoms with van der Waals surface area (Å²) >= 11 is 0. The lowest BCUT2D eigenvalue weighted by molar-refractivity contribution is -0.130. The lowest BCUT2D eigenvalue weighted by Crippen LogP contribution is -2.40. The van der Waals surface area contributed by atoms with Crippen molar-refractivity contribution in [1.82, 2.24) is 4.98 Å². The van der Waals surface area contributed by atoms with Gasteiger partial charge in [0.05, 0.1) is 5.56 Å². The number of piperidine rings is 1. The van der Waals surface area contributed by atoms with E-state index in [1.54, 1.807) is 12.2 Å². The topological polar surface area (TPSA) is 98.2 Å². The Morgan fingerprint density at radius 1 is 1.14 bits per heavy atom. The summed E-state index contributed by atoms with van der Waals surface area (Å²) in [6.45, 7) is 6.31. The Morgan fingerprint density at radius 2 is 1.89 bits per heavy atom. The summed E-state index contributed by atoms with van der Waals surface area (Å²) in [4.78, 5) is 43.5. The van der Waals surface area contributed by atoms with E-state index in [-0.39, 0.29) is 11.9 Å². The minimum atomic E-state index is -1.43. The van der Waals surface area contributed by atoms with Gasteiger partial charge in [-0.3, -0.25) is 9.59 Å². The van der Waals surface area contributed by atoms with Crippen LogP contribution in [-0.2, 0) is 17.6 Å². The fourth-order valence-electron chi connectivity index (χ4n) is 5.16. The summed E-state index contributed by atoms with van der Waals surface area (Å²) in [6, 6.07) is 5.74. The van der Waals surface area contributed by atoms with E-state index < -0.39 is 11.5 Å². The molecule has 1 aliphatic carbocycles. The van der Waals surface area contributed by atoms with E-state index in [1.165, 1.54) is 19.4 Å². The summed E-state index contributed by atoms with van der Waals surface area (Å²) in [5, 5.41) is 2.55. The third kappa shape index (κ3) is 4.64. The maximum Gasteiger partial charge on any atom is 0.328 e. The fraction of sp³-hybridized carbons (Fsp3) is 0.464. The monoisotopic (exact) mass is 489 g/mol. The molecule has 188 valence electrons. The number of anilines is 1. The quantitative estimate of drug-likeness (QED) is 0.561. The molecule has 4 bridgehead atoms. The lowest BCUT2D eigenvalue weighted by atomic mass is 9.93. The zero-order valence-corrected chi connectivity index (χ0v) is 21.0. The van der Waals surface area contributed by atoms with Gasteiger partial charge in [-0.2, -0.15) is 0 Å². The summed E-state index contributed by atoms with van der Waals surface area (Å²) in [5.74, 6) is 0.690. The van der Waals surface area contributed by atoms with E-state index in [2.05, 4.69) is 16.1 Å². The lowest BCUT2D eigenvalue weighted by Gasteiger charge is -2.35. The van der Waals surface area contributed by atoms with Crippen molar-refractivity contribution < 1.29 is 19.1 Å². The van der Waals surface area contributed by atoms with Gasteiger partial charge in [-0.25, -0.2) is 4.98 Å². The van der Waals surface area contributed by atoms with E-state index in [9.17, 15) is 14.5 Å². The maximum atomic E-state index is 13.4. The minimum absolute atomic E-state index is 0.0669. The number of ketones is 1. The number of hydrogen-bond acceptors (Lipinski definition) is 7. The predicted octanol–water partition coefficient (Wildman–Crippen LogP) is 4.98. The van der Waals surface area contributed by atoms with Gasteiger partial charge in [0, 0.05) is 36.8 Å². The summed E-state index contributed by atoms with van der Waals surface area (Å²) in [5.41, 5.74) is 3.04. The summed E-state index contributed by atoms with van der Waals surface area (Å²) in [7, 11) is 0. The molecule has 8 heteroatoms. The number of carbonyl (C=O) groups excluding carboxylic acids is 2. The molecule has 0 saturated carbocycles. The molecule has 4 aliphatic rings. The van der Waals surface area contributed by atoms with Crippen LogP contribution in [-0.4, -0.2) is 41.5 Å². The number of nitrogens with zero attached hydrogens (tertiary/aromatic N) is 3. The molecule has 1 aromatic heterocycles. The van der Waals surface area contributed by atoms with Gasteiger partial charge in [0.15, 0.2) is 22.9 Å². The number of rotatable bonds is 3. The number of carbonyl (C=O) groups is 2. The molecule has 1 amide bonds. The van der Waals surface area contributed by atoms with Crippen molar-refractivity contribution in [2.45, 2.75) is 71.0 Å². The van der Waals surface area contributed by atoms with Gasteiger partial charge in [-0.1, -0.05) is 6.08 Å². The van der Waals surface area contributed by atoms with E-state index in [4.69, 9.17) is 14.5 Å². The van der Waals surface area contributed by atoms with Crippen molar-refractivity contribution >= 4 is 23.6 Å². The van der Waals surface area contributed by atoms with Crippen LogP contribution in [0.5, 0.6) is 11.5 Å². The molecule has 2 aromatic rings. The molecule has 0 radical (unpaired) electrons. The molecule has 0 N–H and O–H groups in total. The van der Waals surface area contributed by atoms with Gasteiger partial charge >= 0.3 is 5.91 Å². The Bertz CT molecular complexity index is 1260. The van der Waals surface area contributed by atoms with Crippen LogP contribution in [0.3, 0.4) is 0 Å². The molecule has 6 rings (SSSR count). The molecule has 3 aliphatic heterocycles. The van der Waals surface area contributed by atoms with Crippen LogP contribution in [0.15, 0.2) is 29.5 Å². The second-order valence-electron chi connectivity index (χ2n) is 10.3. The molecule has 1 fully saturated rings. The molecule has 1 saturated heterocycles. The number of ether oxygens (including phenoxy) is 2. The zero-order chi connectivity index (χ0) is 25.4. The number of amides is 1. The van der Waals surface area contributed by atoms with Crippen molar-refractivity contribution in [2.24, 2.45) is 5.18 Å². The summed E-state index contributed by atoms with van der Waals surface area (Å²) in [6.07, 6.45) is 8.97.